The SMILES string of the molecule is CN(CC(=O)N(C)Cc1ccc(F)cc1)Cc1ccc2c(c1)OCO2. The Morgan fingerprint density at radius 2 is 1.68 bits per heavy atom. The lowest BCUT2D eigenvalue weighted by atomic mass is 10.2. The average Bonchev–Trinajstić information content (AvgIpc) is 3.04. The van der Waals surface area contributed by atoms with Gasteiger partial charge in [-0.2, -0.15) is 0 Å². The maximum absolute atomic E-state index is 12.9. The minimum Gasteiger partial charge on any atom is -0.454 e. The third-order valence-electron chi connectivity index (χ3n) is 4.05. The van der Waals surface area contributed by atoms with Gasteiger partial charge in [0.15, 0.2) is 11.5 Å². The van der Waals surface area contributed by atoms with Crippen molar-refractivity contribution in [2.75, 3.05) is 27.4 Å². The number of rotatable bonds is 6. The minimum atomic E-state index is -0.277. The summed E-state index contributed by atoms with van der Waals surface area (Å²) in [7, 11) is 3.65. The zero-order chi connectivity index (χ0) is 17.8. The van der Waals surface area contributed by atoms with E-state index in [2.05, 4.69) is 0 Å². The van der Waals surface area contributed by atoms with Gasteiger partial charge in [-0.1, -0.05) is 18.2 Å². The van der Waals surface area contributed by atoms with Gasteiger partial charge in [0.1, 0.15) is 5.82 Å². The summed E-state index contributed by atoms with van der Waals surface area (Å²) in [6, 6.07) is 12.0. The monoisotopic (exact) mass is 344 g/mol. The zero-order valence-corrected chi connectivity index (χ0v) is 14.4. The Labute approximate surface area is 146 Å². The largest absolute Gasteiger partial charge is 0.454 e. The molecule has 0 aromatic heterocycles. The molecule has 5 nitrogen and oxygen atoms in total. The Kier molecular flexibility index (Phi) is 5.19. The van der Waals surface area contributed by atoms with E-state index in [1.54, 1.807) is 24.1 Å². The van der Waals surface area contributed by atoms with Gasteiger partial charge in [-0.25, -0.2) is 4.39 Å². The molecule has 0 saturated carbocycles. The number of nitrogens with zero attached hydrogens (tertiary/aromatic N) is 2. The Hall–Kier alpha value is -2.60. The van der Waals surface area contributed by atoms with Crippen molar-refractivity contribution < 1.29 is 18.7 Å². The molecule has 132 valence electrons. The first-order valence-corrected chi connectivity index (χ1v) is 8.07. The van der Waals surface area contributed by atoms with Crippen molar-refractivity contribution in [1.82, 2.24) is 9.80 Å². The van der Waals surface area contributed by atoms with E-state index in [4.69, 9.17) is 9.47 Å². The first-order valence-electron chi connectivity index (χ1n) is 8.07. The number of carbonyl (C=O) groups is 1. The molecule has 0 fully saturated rings. The van der Waals surface area contributed by atoms with E-state index in [1.807, 2.05) is 30.1 Å². The fourth-order valence-electron chi connectivity index (χ4n) is 2.71. The van der Waals surface area contributed by atoms with Crippen LogP contribution in [0.25, 0.3) is 0 Å². The van der Waals surface area contributed by atoms with Crippen LogP contribution >= 0.6 is 0 Å². The second-order valence-corrected chi connectivity index (χ2v) is 6.24. The standard InChI is InChI=1S/C19H21FN2O3/c1-21(10-15-5-8-17-18(9-15)25-13-24-17)12-19(23)22(2)11-14-3-6-16(20)7-4-14/h3-9H,10-13H2,1-2H3. The molecule has 3 rings (SSSR count). The lowest BCUT2D eigenvalue weighted by molar-refractivity contribution is -0.131. The van der Waals surface area contributed by atoms with Gasteiger partial charge in [0.2, 0.25) is 12.7 Å². The Balaban J connectivity index is 1.52. The lowest BCUT2D eigenvalue weighted by Gasteiger charge is -2.22. The number of fused-ring (bicyclic) bond motifs is 1. The predicted molar refractivity (Wildman–Crippen MR) is 91.8 cm³/mol. The van der Waals surface area contributed by atoms with E-state index >= 15 is 0 Å². The summed E-state index contributed by atoms with van der Waals surface area (Å²) in [6.07, 6.45) is 0. The molecule has 1 aliphatic rings. The molecule has 0 spiro atoms. The van der Waals surface area contributed by atoms with Crippen LogP contribution in [0.15, 0.2) is 42.5 Å². The van der Waals surface area contributed by atoms with Crippen LogP contribution in [0.4, 0.5) is 4.39 Å². The summed E-state index contributed by atoms with van der Waals surface area (Å²) < 4.78 is 23.6. The maximum Gasteiger partial charge on any atom is 0.236 e. The van der Waals surface area contributed by atoms with Gasteiger partial charge < -0.3 is 14.4 Å². The number of carbonyl (C=O) groups excluding carboxylic acids is 1. The molecule has 1 amide bonds. The summed E-state index contributed by atoms with van der Waals surface area (Å²) in [5.74, 6) is 1.22. The molecule has 25 heavy (non-hydrogen) atoms. The molecule has 2 aromatic rings. The number of hydrogen-bond donors (Lipinski definition) is 0. The zero-order valence-electron chi connectivity index (χ0n) is 14.4. The van der Waals surface area contributed by atoms with Crippen LogP contribution in [0.1, 0.15) is 11.1 Å². The van der Waals surface area contributed by atoms with E-state index in [0.29, 0.717) is 19.6 Å². The molecule has 0 saturated heterocycles. The molecule has 1 heterocycles. The van der Waals surface area contributed by atoms with Gasteiger partial charge in [-0.15, -0.1) is 0 Å². The van der Waals surface area contributed by atoms with E-state index in [9.17, 15) is 9.18 Å². The van der Waals surface area contributed by atoms with Crippen LogP contribution in [0.2, 0.25) is 0 Å². The number of likely N-dealkylation sites (N-methyl/N-ethyl adjacent to an activating group) is 2. The molecule has 2 aromatic carbocycles. The smallest absolute Gasteiger partial charge is 0.236 e. The van der Waals surface area contributed by atoms with Crippen LogP contribution in [0, 0.1) is 5.82 Å². The Morgan fingerprint density at radius 3 is 2.44 bits per heavy atom. The average molecular weight is 344 g/mol. The van der Waals surface area contributed by atoms with Crippen molar-refractivity contribution >= 4 is 5.91 Å². The number of amides is 1. The van der Waals surface area contributed by atoms with Crippen molar-refractivity contribution in [1.29, 1.82) is 0 Å². The van der Waals surface area contributed by atoms with Crippen LogP contribution in [-0.4, -0.2) is 43.1 Å². The van der Waals surface area contributed by atoms with Crippen molar-refractivity contribution in [2.45, 2.75) is 13.1 Å². The van der Waals surface area contributed by atoms with Gasteiger partial charge in [-0.05, 0) is 42.4 Å². The van der Waals surface area contributed by atoms with Gasteiger partial charge in [0.25, 0.3) is 0 Å². The van der Waals surface area contributed by atoms with E-state index < -0.39 is 0 Å². The molecule has 0 N–H and O–H groups in total. The normalized spacial score (nSPS) is 12.5. The fraction of sp³-hybridized carbons (Fsp3) is 0.316. The highest BCUT2D eigenvalue weighted by Gasteiger charge is 2.16. The molecule has 0 atom stereocenters. The lowest BCUT2D eigenvalue weighted by Crippen LogP contribution is -2.36. The topological polar surface area (TPSA) is 42.0 Å². The molecule has 0 bridgehead atoms. The third kappa shape index (κ3) is 4.48. The van der Waals surface area contributed by atoms with Crippen molar-refractivity contribution in [3.05, 3.63) is 59.4 Å². The number of hydrogen-bond acceptors (Lipinski definition) is 4. The first-order chi connectivity index (χ1) is 12.0. The Morgan fingerprint density at radius 1 is 1.00 bits per heavy atom. The highest BCUT2D eigenvalue weighted by atomic mass is 19.1. The molecule has 0 radical (unpaired) electrons. The molecule has 1 aliphatic heterocycles. The van der Waals surface area contributed by atoms with E-state index in [1.165, 1.54) is 12.1 Å². The summed E-state index contributed by atoms with van der Waals surface area (Å²) in [5, 5.41) is 0. The fourth-order valence-corrected chi connectivity index (χ4v) is 2.71. The van der Waals surface area contributed by atoms with Crippen molar-refractivity contribution in [3.8, 4) is 11.5 Å². The summed E-state index contributed by atoms with van der Waals surface area (Å²) >= 11 is 0. The van der Waals surface area contributed by atoms with Crippen LogP contribution < -0.4 is 9.47 Å². The first kappa shape index (κ1) is 17.2. The van der Waals surface area contributed by atoms with E-state index in [0.717, 1.165) is 22.6 Å². The van der Waals surface area contributed by atoms with Crippen molar-refractivity contribution in [2.24, 2.45) is 0 Å². The predicted octanol–water partition coefficient (Wildman–Crippen LogP) is 2.64. The van der Waals surface area contributed by atoms with Crippen LogP contribution in [0.5, 0.6) is 11.5 Å². The highest BCUT2D eigenvalue weighted by Crippen LogP contribution is 2.32. The third-order valence-corrected chi connectivity index (χ3v) is 4.05. The Bertz CT molecular complexity index is 749. The van der Waals surface area contributed by atoms with E-state index in [-0.39, 0.29) is 18.5 Å². The molecular formula is C19H21FN2O3. The van der Waals surface area contributed by atoms with Crippen LogP contribution in [-0.2, 0) is 17.9 Å². The second kappa shape index (κ2) is 7.53. The van der Waals surface area contributed by atoms with Gasteiger partial charge >= 0.3 is 0 Å². The second-order valence-electron chi connectivity index (χ2n) is 6.24. The molecular weight excluding hydrogens is 323 g/mol. The maximum atomic E-state index is 12.9. The summed E-state index contributed by atoms with van der Waals surface area (Å²) in [5.41, 5.74) is 1.96. The van der Waals surface area contributed by atoms with Crippen LogP contribution in [0.3, 0.4) is 0 Å². The quantitative estimate of drug-likeness (QED) is 0.808. The van der Waals surface area contributed by atoms with Crippen molar-refractivity contribution in [3.63, 3.8) is 0 Å². The molecule has 0 aliphatic carbocycles. The number of benzene rings is 2. The van der Waals surface area contributed by atoms with Gasteiger partial charge in [0, 0.05) is 20.1 Å². The number of ether oxygens (including phenoxy) is 2. The summed E-state index contributed by atoms with van der Waals surface area (Å²) in [6.45, 7) is 1.64. The minimum absolute atomic E-state index is 0.00701. The molecule has 6 heteroatoms. The van der Waals surface area contributed by atoms with Gasteiger partial charge in [-0.3, -0.25) is 9.69 Å². The molecule has 0 unspecified atom stereocenters. The highest BCUT2D eigenvalue weighted by molar-refractivity contribution is 5.77. The number of halogens is 1. The summed E-state index contributed by atoms with van der Waals surface area (Å²) in [4.78, 5) is 16.0. The van der Waals surface area contributed by atoms with Gasteiger partial charge in [0.05, 0.1) is 6.54 Å².